The minimum atomic E-state index is -0.245. The number of benzene rings is 1. The summed E-state index contributed by atoms with van der Waals surface area (Å²) >= 11 is 0. The van der Waals surface area contributed by atoms with Gasteiger partial charge < -0.3 is 20.4 Å². The van der Waals surface area contributed by atoms with Crippen molar-refractivity contribution in [2.45, 2.75) is 58.4 Å². The van der Waals surface area contributed by atoms with Crippen molar-refractivity contribution in [3.8, 4) is 0 Å². The van der Waals surface area contributed by atoms with E-state index < -0.39 is 0 Å². The van der Waals surface area contributed by atoms with Crippen LogP contribution in [-0.4, -0.2) is 66.4 Å². The standard InChI is InChI=1S/C24H36N4O3/c1-17(2)26-24(31)28-15-20(19-8-4-7-18(3)13-19)14-21(16-28)23(30)25-10-6-12-27-11-5-9-22(27)29/h4,7-8,13,17,20-21H,5-6,9-12,14-16H2,1-3H3,(H,25,30)(H,26,31). The molecular weight excluding hydrogens is 392 g/mol. The highest BCUT2D eigenvalue weighted by atomic mass is 16.2. The first-order valence-electron chi connectivity index (χ1n) is 11.5. The molecule has 170 valence electrons. The van der Waals surface area contributed by atoms with E-state index in [4.69, 9.17) is 0 Å². The third-order valence-electron chi connectivity index (χ3n) is 6.11. The summed E-state index contributed by atoms with van der Waals surface area (Å²) in [5.74, 6) is 0.0917. The Labute approximate surface area is 185 Å². The van der Waals surface area contributed by atoms with Gasteiger partial charge in [-0.3, -0.25) is 9.59 Å². The lowest BCUT2D eigenvalue weighted by atomic mass is 9.83. The van der Waals surface area contributed by atoms with Crippen LogP contribution < -0.4 is 10.6 Å². The van der Waals surface area contributed by atoms with E-state index in [0.717, 1.165) is 25.8 Å². The summed E-state index contributed by atoms with van der Waals surface area (Å²) in [5, 5.41) is 6.00. The van der Waals surface area contributed by atoms with Gasteiger partial charge in [-0.15, -0.1) is 0 Å². The highest BCUT2D eigenvalue weighted by Crippen LogP contribution is 2.31. The van der Waals surface area contributed by atoms with E-state index in [2.05, 4.69) is 35.8 Å². The largest absolute Gasteiger partial charge is 0.356 e. The van der Waals surface area contributed by atoms with Crippen molar-refractivity contribution in [1.82, 2.24) is 20.4 Å². The van der Waals surface area contributed by atoms with Gasteiger partial charge in [0.25, 0.3) is 0 Å². The number of hydrogen-bond acceptors (Lipinski definition) is 3. The zero-order chi connectivity index (χ0) is 22.4. The van der Waals surface area contributed by atoms with Gasteiger partial charge in [-0.05, 0) is 45.6 Å². The molecule has 2 atom stereocenters. The summed E-state index contributed by atoms with van der Waals surface area (Å²) in [4.78, 5) is 41.0. The molecule has 2 unspecified atom stereocenters. The number of carbonyl (C=O) groups is 3. The third kappa shape index (κ3) is 6.45. The summed E-state index contributed by atoms with van der Waals surface area (Å²) in [6, 6.07) is 8.27. The number of piperidine rings is 1. The lowest BCUT2D eigenvalue weighted by molar-refractivity contribution is -0.127. The Morgan fingerprint density at radius 3 is 2.71 bits per heavy atom. The summed E-state index contributed by atoms with van der Waals surface area (Å²) in [7, 11) is 0. The fraction of sp³-hybridized carbons (Fsp3) is 0.625. The first-order chi connectivity index (χ1) is 14.8. The van der Waals surface area contributed by atoms with Crippen LogP contribution in [0.25, 0.3) is 0 Å². The van der Waals surface area contributed by atoms with Gasteiger partial charge in [-0.1, -0.05) is 29.8 Å². The number of amides is 4. The third-order valence-corrected chi connectivity index (χ3v) is 6.11. The molecular formula is C24H36N4O3. The number of likely N-dealkylation sites (tertiary alicyclic amines) is 2. The second kappa shape index (κ2) is 10.6. The Balaban J connectivity index is 1.60. The summed E-state index contributed by atoms with van der Waals surface area (Å²) in [6.07, 6.45) is 3.05. The first-order valence-corrected chi connectivity index (χ1v) is 11.5. The summed E-state index contributed by atoms with van der Waals surface area (Å²) in [5.41, 5.74) is 2.35. The lowest BCUT2D eigenvalue weighted by Crippen LogP contribution is -2.52. The molecule has 3 rings (SSSR count). The minimum Gasteiger partial charge on any atom is -0.356 e. The van der Waals surface area contributed by atoms with Crippen LogP contribution in [0.5, 0.6) is 0 Å². The molecule has 7 heteroatoms. The van der Waals surface area contributed by atoms with Gasteiger partial charge in [0.2, 0.25) is 11.8 Å². The monoisotopic (exact) mass is 428 g/mol. The number of nitrogens with zero attached hydrogens (tertiary/aromatic N) is 2. The van der Waals surface area contributed by atoms with Crippen LogP contribution in [0.3, 0.4) is 0 Å². The Hall–Kier alpha value is -2.57. The molecule has 2 saturated heterocycles. The molecule has 2 aliphatic rings. The Morgan fingerprint density at radius 2 is 2.03 bits per heavy atom. The quantitative estimate of drug-likeness (QED) is 0.655. The molecule has 1 aromatic rings. The van der Waals surface area contributed by atoms with E-state index in [9.17, 15) is 14.4 Å². The number of hydrogen-bond donors (Lipinski definition) is 2. The van der Waals surface area contributed by atoms with Crippen molar-refractivity contribution < 1.29 is 14.4 Å². The molecule has 2 fully saturated rings. The van der Waals surface area contributed by atoms with Crippen LogP contribution in [0.2, 0.25) is 0 Å². The molecule has 7 nitrogen and oxygen atoms in total. The molecule has 0 saturated carbocycles. The van der Waals surface area contributed by atoms with Gasteiger partial charge in [-0.2, -0.15) is 0 Å². The lowest BCUT2D eigenvalue weighted by Gasteiger charge is -2.38. The molecule has 2 aliphatic heterocycles. The molecule has 0 aliphatic carbocycles. The molecule has 1 aromatic carbocycles. The van der Waals surface area contributed by atoms with Crippen LogP contribution in [0.15, 0.2) is 24.3 Å². The molecule has 0 spiro atoms. The van der Waals surface area contributed by atoms with Crippen molar-refractivity contribution in [2.24, 2.45) is 5.92 Å². The molecule has 4 amide bonds. The van der Waals surface area contributed by atoms with Crippen molar-refractivity contribution in [2.75, 3.05) is 32.7 Å². The number of urea groups is 1. The zero-order valence-electron chi connectivity index (χ0n) is 19.0. The van der Waals surface area contributed by atoms with Gasteiger partial charge in [0.15, 0.2) is 0 Å². The van der Waals surface area contributed by atoms with Crippen molar-refractivity contribution in [3.63, 3.8) is 0 Å². The molecule has 0 bridgehead atoms. The van der Waals surface area contributed by atoms with Gasteiger partial charge in [0.1, 0.15) is 0 Å². The summed E-state index contributed by atoms with van der Waals surface area (Å²) in [6.45, 7) is 9.05. The van der Waals surface area contributed by atoms with E-state index >= 15 is 0 Å². The fourth-order valence-electron chi connectivity index (χ4n) is 4.52. The molecule has 0 radical (unpaired) electrons. The predicted octanol–water partition coefficient (Wildman–Crippen LogP) is 2.65. The van der Waals surface area contributed by atoms with Crippen LogP contribution >= 0.6 is 0 Å². The average Bonchev–Trinajstić information content (AvgIpc) is 3.15. The fourth-order valence-corrected chi connectivity index (χ4v) is 4.52. The normalized spacial score (nSPS) is 21.5. The van der Waals surface area contributed by atoms with E-state index in [-0.39, 0.29) is 35.7 Å². The van der Waals surface area contributed by atoms with Crippen LogP contribution in [0.4, 0.5) is 4.79 Å². The van der Waals surface area contributed by atoms with E-state index in [1.807, 2.05) is 24.8 Å². The Kier molecular flexibility index (Phi) is 7.93. The molecule has 0 aromatic heterocycles. The number of carbonyl (C=O) groups excluding carboxylic acids is 3. The van der Waals surface area contributed by atoms with Crippen LogP contribution in [0, 0.1) is 12.8 Å². The highest BCUT2D eigenvalue weighted by molar-refractivity contribution is 5.81. The Bertz CT molecular complexity index is 795. The van der Waals surface area contributed by atoms with Gasteiger partial charge in [0.05, 0.1) is 5.92 Å². The smallest absolute Gasteiger partial charge is 0.317 e. The Morgan fingerprint density at radius 1 is 1.23 bits per heavy atom. The zero-order valence-corrected chi connectivity index (χ0v) is 19.0. The van der Waals surface area contributed by atoms with Gasteiger partial charge in [0, 0.05) is 51.1 Å². The number of nitrogens with one attached hydrogen (secondary N) is 2. The number of rotatable bonds is 7. The molecule has 2 N–H and O–H groups in total. The number of aryl methyl sites for hydroxylation is 1. The van der Waals surface area contributed by atoms with E-state index in [1.54, 1.807) is 4.90 Å². The van der Waals surface area contributed by atoms with Gasteiger partial charge >= 0.3 is 6.03 Å². The maximum atomic E-state index is 12.9. The second-order valence-electron chi connectivity index (χ2n) is 9.18. The first kappa shape index (κ1) is 23.1. The van der Waals surface area contributed by atoms with Gasteiger partial charge in [-0.25, -0.2) is 4.79 Å². The minimum absolute atomic E-state index is 0.00699. The SMILES string of the molecule is Cc1cccc(C2CC(C(=O)NCCCN3CCCC3=O)CN(C(=O)NC(C)C)C2)c1. The average molecular weight is 429 g/mol. The van der Waals surface area contributed by atoms with E-state index in [1.165, 1.54) is 11.1 Å². The topological polar surface area (TPSA) is 81.8 Å². The van der Waals surface area contributed by atoms with Crippen molar-refractivity contribution in [1.29, 1.82) is 0 Å². The second-order valence-corrected chi connectivity index (χ2v) is 9.18. The van der Waals surface area contributed by atoms with Crippen LogP contribution in [-0.2, 0) is 9.59 Å². The molecule has 2 heterocycles. The highest BCUT2D eigenvalue weighted by Gasteiger charge is 2.34. The maximum Gasteiger partial charge on any atom is 0.317 e. The van der Waals surface area contributed by atoms with Crippen molar-refractivity contribution >= 4 is 17.8 Å². The maximum absolute atomic E-state index is 12.9. The summed E-state index contributed by atoms with van der Waals surface area (Å²) < 4.78 is 0. The predicted molar refractivity (Wildman–Crippen MR) is 121 cm³/mol. The van der Waals surface area contributed by atoms with Crippen molar-refractivity contribution in [3.05, 3.63) is 35.4 Å². The molecule has 31 heavy (non-hydrogen) atoms. The van der Waals surface area contributed by atoms with E-state index in [0.29, 0.717) is 32.6 Å². The van der Waals surface area contributed by atoms with Crippen LogP contribution in [0.1, 0.15) is 56.6 Å².